The lowest BCUT2D eigenvalue weighted by Gasteiger charge is -1.90. The van der Waals surface area contributed by atoms with E-state index in [9.17, 15) is 0 Å². The van der Waals surface area contributed by atoms with Crippen molar-refractivity contribution in [1.82, 2.24) is 9.97 Å². The van der Waals surface area contributed by atoms with Crippen LogP contribution >= 0.6 is 0 Å². The van der Waals surface area contributed by atoms with Crippen molar-refractivity contribution in [2.75, 3.05) is 0 Å². The highest BCUT2D eigenvalue weighted by Gasteiger charge is 1.87. The molecule has 0 N–H and O–H groups in total. The molecule has 1 aromatic carbocycles. The van der Waals surface area contributed by atoms with Crippen LogP contribution in [0.5, 0.6) is 0 Å². The highest BCUT2D eigenvalue weighted by Crippen LogP contribution is 2.06. The molecule has 2 rings (SSSR count). The van der Waals surface area contributed by atoms with Gasteiger partial charge in [-0.1, -0.05) is 85.0 Å². The van der Waals surface area contributed by atoms with Gasteiger partial charge >= 0.3 is 0 Å². The molecule has 0 amide bonds. The minimum absolute atomic E-state index is 0. The molecular weight excluding hydrogens is 232 g/mol. The summed E-state index contributed by atoms with van der Waals surface area (Å²) in [6.45, 7) is 0. The van der Waals surface area contributed by atoms with Gasteiger partial charge < -0.3 is 0 Å². The van der Waals surface area contributed by atoms with E-state index in [-0.39, 0.29) is 66.8 Å². The van der Waals surface area contributed by atoms with E-state index in [1.165, 1.54) is 0 Å². The Kier molecular flexibility index (Phi) is 70.5. The van der Waals surface area contributed by atoms with Crippen molar-refractivity contribution in [3.8, 4) is 0 Å². The molecule has 0 unspecified atom stereocenters. The van der Waals surface area contributed by atoms with E-state index < -0.39 is 0 Å². The first-order valence-electron chi connectivity index (χ1n) is 3.11. The maximum absolute atomic E-state index is 4.07. The third kappa shape index (κ3) is 12.8. The molecule has 0 fully saturated rings. The molecule has 0 bridgehead atoms. The highest BCUT2D eigenvalue weighted by molar-refractivity contribution is 5.76. The fourth-order valence-electron chi connectivity index (χ4n) is 0.923. The highest BCUT2D eigenvalue weighted by atomic mass is 14.8. The number of nitrogens with zero attached hydrogens (tertiary/aromatic N) is 2. The van der Waals surface area contributed by atoms with Crippen molar-refractivity contribution in [2.45, 2.75) is 66.8 Å². The Bertz CT molecular complexity index is 280. The van der Waals surface area contributed by atoms with E-state index in [2.05, 4.69) is 9.97 Å². The largest absolute Gasteiger partial charge is 0.244 e. The predicted octanol–water partition coefficient (Wildman–Crippen LogP) is 7.35. The molecule has 2 aromatic rings. The molecular formula is C17H42N2. The van der Waals surface area contributed by atoms with Gasteiger partial charge in [0.15, 0.2) is 0 Å². The smallest absolute Gasteiger partial charge is 0.116 e. The predicted molar refractivity (Wildman–Crippen MR) is 100 cm³/mol. The lowest BCUT2D eigenvalue weighted by Crippen LogP contribution is -1.77. The van der Waals surface area contributed by atoms with Crippen LogP contribution in [0.3, 0.4) is 0 Å². The van der Waals surface area contributed by atoms with E-state index in [1.807, 2.05) is 30.5 Å². The second-order valence-electron chi connectivity index (χ2n) is 2.08. The summed E-state index contributed by atoms with van der Waals surface area (Å²) in [4.78, 5) is 7.97. The molecule has 2 heteroatoms. The maximum Gasteiger partial charge on any atom is 0.116 e. The minimum Gasteiger partial charge on any atom is -0.244 e. The van der Waals surface area contributed by atoms with Crippen LogP contribution in [-0.2, 0) is 0 Å². The van der Waals surface area contributed by atoms with Crippen LogP contribution in [0.2, 0.25) is 0 Å². The number of hydrogen-bond donors (Lipinski definition) is 0. The SMILES string of the molecule is C.C.C.C.C.C.C.C.C.c1ccc2ncncc2c1. The Balaban J connectivity index is -0.0000000224. The van der Waals surface area contributed by atoms with Crippen molar-refractivity contribution in [3.63, 3.8) is 0 Å². The molecule has 19 heavy (non-hydrogen) atoms. The summed E-state index contributed by atoms with van der Waals surface area (Å²) in [6.07, 6.45) is 3.37. The minimum atomic E-state index is 0. The Morgan fingerprint density at radius 3 is 1.58 bits per heavy atom. The van der Waals surface area contributed by atoms with Gasteiger partial charge in [0.1, 0.15) is 6.33 Å². The van der Waals surface area contributed by atoms with Crippen molar-refractivity contribution < 1.29 is 0 Å². The van der Waals surface area contributed by atoms with E-state index in [4.69, 9.17) is 0 Å². The van der Waals surface area contributed by atoms with Gasteiger partial charge in [0.2, 0.25) is 0 Å². The summed E-state index contributed by atoms with van der Waals surface area (Å²) in [5.41, 5.74) is 0.998. The zero-order chi connectivity index (χ0) is 6.81. The molecule has 1 aromatic heterocycles. The number of para-hydroxylation sites is 1. The molecule has 2 nitrogen and oxygen atoms in total. The lowest BCUT2D eigenvalue weighted by atomic mass is 10.2. The maximum atomic E-state index is 4.07. The molecule has 120 valence electrons. The monoisotopic (exact) mass is 274 g/mol. The lowest BCUT2D eigenvalue weighted by molar-refractivity contribution is 1.22. The van der Waals surface area contributed by atoms with Gasteiger partial charge in [0.05, 0.1) is 5.52 Å². The van der Waals surface area contributed by atoms with E-state index in [0.29, 0.717) is 0 Å². The summed E-state index contributed by atoms with van der Waals surface area (Å²) in [5, 5.41) is 1.09. The van der Waals surface area contributed by atoms with Gasteiger partial charge in [-0.25, -0.2) is 9.97 Å². The van der Waals surface area contributed by atoms with Crippen LogP contribution < -0.4 is 0 Å². The Morgan fingerprint density at radius 2 is 1.11 bits per heavy atom. The van der Waals surface area contributed by atoms with Crippen molar-refractivity contribution in [2.24, 2.45) is 0 Å². The molecule has 0 saturated heterocycles. The van der Waals surface area contributed by atoms with Crippen LogP contribution in [0.1, 0.15) is 66.8 Å². The molecule has 0 radical (unpaired) electrons. The van der Waals surface area contributed by atoms with Crippen LogP contribution in [-0.4, -0.2) is 9.97 Å². The van der Waals surface area contributed by atoms with Crippen LogP contribution in [0.25, 0.3) is 10.9 Å². The number of rotatable bonds is 0. The fraction of sp³-hybridized carbons (Fsp3) is 0.529. The van der Waals surface area contributed by atoms with Gasteiger partial charge in [-0.3, -0.25) is 0 Å². The third-order valence-electron chi connectivity index (χ3n) is 1.41. The molecule has 1 heterocycles. The summed E-state index contributed by atoms with van der Waals surface area (Å²) < 4.78 is 0. The summed E-state index contributed by atoms with van der Waals surface area (Å²) in [7, 11) is 0. The Labute approximate surface area is 125 Å². The van der Waals surface area contributed by atoms with Crippen LogP contribution in [0, 0.1) is 0 Å². The van der Waals surface area contributed by atoms with Crippen molar-refractivity contribution in [1.29, 1.82) is 0 Å². The standard InChI is InChI=1S/C8H6N2.9CH4/c1-2-4-8-7(3-1)5-9-6-10-8;;;;;;;;;/h1-6H;9*1H4. The normalized spacial score (nSPS) is 5.26. The average Bonchev–Trinajstić information content (AvgIpc) is 2.05. The topological polar surface area (TPSA) is 25.8 Å². The van der Waals surface area contributed by atoms with Gasteiger partial charge in [-0.15, -0.1) is 0 Å². The van der Waals surface area contributed by atoms with E-state index in [1.54, 1.807) is 6.33 Å². The van der Waals surface area contributed by atoms with Gasteiger partial charge in [0.25, 0.3) is 0 Å². The summed E-state index contributed by atoms with van der Waals surface area (Å²) in [5.74, 6) is 0. The van der Waals surface area contributed by atoms with Crippen LogP contribution in [0.4, 0.5) is 0 Å². The second-order valence-corrected chi connectivity index (χ2v) is 2.08. The van der Waals surface area contributed by atoms with Crippen molar-refractivity contribution in [3.05, 3.63) is 36.8 Å². The quantitative estimate of drug-likeness (QED) is 0.501. The first-order valence-corrected chi connectivity index (χ1v) is 3.11. The Morgan fingerprint density at radius 1 is 0.632 bits per heavy atom. The molecule has 0 saturated carbocycles. The second kappa shape index (κ2) is 25.4. The molecule has 0 atom stereocenters. The fourth-order valence-corrected chi connectivity index (χ4v) is 0.923. The number of aromatic nitrogens is 2. The zero-order valence-corrected chi connectivity index (χ0v) is 5.36. The number of hydrogen-bond acceptors (Lipinski definition) is 2. The summed E-state index contributed by atoms with van der Waals surface area (Å²) in [6, 6.07) is 7.91. The number of benzene rings is 1. The van der Waals surface area contributed by atoms with Gasteiger partial charge in [0, 0.05) is 11.6 Å². The first kappa shape index (κ1) is 52.7. The average molecular weight is 275 g/mol. The van der Waals surface area contributed by atoms with E-state index in [0.717, 1.165) is 10.9 Å². The first-order chi connectivity index (χ1) is 4.97. The third-order valence-corrected chi connectivity index (χ3v) is 1.41. The van der Waals surface area contributed by atoms with Crippen LogP contribution in [0.15, 0.2) is 36.8 Å². The van der Waals surface area contributed by atoms with Gasteiger partial charge in [-0.2, -0.15) is 0 Å². The molecule has 0 aliphatic rings. The summed E-state index contributed by atoms with van der Waals surface area (Å²) >= 11 is 0. The molecule has 0 aliphatic carbocycles. The number of fused-ring (bicyclic) bond motifs is 1. The van der Waals surface area contributed by atoms with Gasteiger partial charge in [-0.05, 0) is 6.07 Å². The zero-order valence-electron chi connectivity index (χ0n) is 5.36. The van der Waals surface area contributed by atoms with Crippen molar-refractivity contribution >= 4 is 10.9 Å². The van der Waals surface area contributed by atoms with E-state index >= 15 is 0 Å². The molecule has 0 spiro atoms. The molecule has 0 aliphatic heterocycles. The Hall–Kier alpha value is -1.44.